The average molecular weight is 337 g/mol. The fourth-order valence-corrected chi connectivity index (χ4v) is 2.27. The Morgan fingerprint density at radius 3 is 3.10 bits per heavy atom. The van der Waals surface area contributed by atoms with Gasteiger partial charge in [0, 0.05) is 24.4 Å². The second-order valence-corrected chi connectivity index (χ2v) is 4.93. The molecule has 0 bridgehead atoms. The fraction of sp³-hybridized carbons (Fsp3) is 0.333. The van der Waals surface area contributed by atoms with Gasteiger partial charge in [-0.2, -0.15) is 5.10 Å². The highest BCUT2D eigenvalue weighted by Gasteiger charge is 2.10. The number of nitrogens with zero attached hydrogens (tertiary/aromatic N) is 6. The predicted octanol–water partition coefficient (Wildman–Crippen LogP) is 2.31. The van der Waals surface area contributed by atoms with Gasteiger partial charge in [0.05, 0.1) is 11.9 Å². The van der Waals surface area contributed by atoms with Crippen LogP contribution in [0.3, 0.4) is 0 Å². The first-order chi connectivity index (χ1) is 9.67. The first-order valence-electron chi connectivity index (χ1n) is 6.21. The summed E-state index contributed by atoms with van der Waals surface area (Å²) in [5, 5.41) is 8.42. The van der Waals surface area contributed by atoms with Gasteiger partial charge in [-0.05, 0) is 29.8 Å². The van der Waals surface area contributed by atoms with Gasteiger partial charge in [-0.1, -0.05) is 0 Å². The van der Waals surface area contributed by atoms with E-state index >= 15 is 0 Å². The Morgan fingerprint density at radius 1 is 1.45 bits per heavy atom. The number of aromatic nitrogens is 6. The van der Waals surface area contributed by atoms with Gasteiger partial charge in [-0.3, -0.25) is 0 Å². The van der Waals surface area contributed by atoms with Crippen molar-refractivity contribution < 1.29 is 4.74 Å². The van der Waals surface area contributed by atoms with E-state index < -0.39 is 0 Å². The molecule has 0 aliphatic rings. The zero-order valence-electron chi connectivity index (χ0n) is 11.1. The SMILES string of the molecule is CCOC(C)n1cc(-c2cc3nc(Br)nn3cn2)cn1. The van der Waals surface area contributed by atoms with E-state index in [2.05, 4.69) is 36.1 Å². The summed E-state index contributed by atoms with van der Waals surface area (Å²) in [5.41, 5.74) is 2.44. The van der Waals surface area contributed by atoms with Gasteiger partial charge in [-0.25, -0.2) is 19.2 Å². The lowest BCUT2D eigenvalue weighted by molar-refractivity contribution is 0.0160. The van der Waals surface area contributed by atoms with Crippen LogP contribution >= 0.6 is 15.9 Å². The van der Waals surface area contributed by atoms with Gasteiger partial charge in [0.2, 0.25) is 4.73 Å². The number of halogens is 1. The van der Waals surface area contributed by atoms with E-state index in [4.69, 9.17) is 4.74 Å². The van der Waals surface area contributed by atoms with Gasteiger partial charge in [0.15, 0.2) is 5.65 Å². The highest BCUT2D eigenvalue weighted by atomic mass is 79.9. The molecule has 3 rings (SSSR count). The number of hydrogen-bond acceptors (Lipinski definition) is 5. The van der Waals surface area contributed by atoms with Crippen LogP contribution in [-0.4, -0.2) is 36.0 Å². The van der Waals surface area contributed by atoms with E-state index in [1.807, 2.05) is 26.1 Å². The molecule has 20 heavy (non-hydrogen) atoms. The van der Waals surface area contributed by atoms with E-state index in [9.17, 15) is 0 Å². The highest BCUT2D eigenvalue weighted by Crippen LogP contribution is 2.19. The van der Waals surface area contributed by atoms with Crippen LogP contribution in [0.2, 0.25) is 0 Å². The Hall–Kier alpha value is -1.80. The largest absolute Gasteiger partial charge is 0.357 e. The van der Waals surface area contributed by atoms with Crippen molar-refractivity contribution in [2.75, 3.05) is 6.61 Å². The molecule has 104 valence electrons. The number of hydrogen-bond donors (Lipinski definition) is 0. The third-order valence-corrected chi connectivity index (χ3v) is 3.22. The molecule has 3 aromatic rings. The van der Waals surface area contributed by atoms with Crippen molar-refractivity contribution in [1.29, 1.82) is 0 Å². The first-order valence-corrected chi connectivity index (χ1v) is 7.00. The summed E-state index contributed by atoms with van der Waals surface area (Å²) >= 11 is 3.24. The minimum Gasteiger partial charge on any atom is -0.357 e. The summed E-state index contributed by atoms with van der Waals surface area (Å²) in [7, 11) is 0. The minimum absolute atomic E-state index is 0.0975. The van der Waals surface area contributed by atoms with Crippen molar-refractivity contribution in [3.8, 4) is 11.3 Å². The molecule has 7 nitrogen and oxygen atoms in total. The van der Waals surface area contributed by atoms with Crippen LogP contribution in [0.15, 0.2) is 29.5 Å². The van der Waals surface area contributed by atoms with Crippen LogP contribution in [0.5, 0.6) is 0 Å². The summed E-state index contributed by atoms with van der Waals surface area (Å²) in [5.74, 6) is 0. The third-order valence-electron chi connectivity index (χ3n) is 2.88. The van der Waals surface area contributed by atoms with Gasteiger partial charge in [-0.15, -0.1) is 5.10 Å². The normalized spacial score (nSPS) is 12.9. The lowest BCUT2D eigenvalue weighted by atomic mass is 10.2. The molecule has 0 spiro atoms. The molecule has 0 saturated heterocycles. The molecule has 3 aromatic heterocycles. The predicted molar refractivity (Wildman–Crippen MR) is 76.0 cm³/mol. The van der Waals surface area contributed by atoms with Crippen molar-refractivity contribution in [2.24, 2.45) is 0 Å². The number of ether oxygens (including phenoxy) is 1. The molecule has 0 aliphatic heterocycles. The first kappa shape index (κ1) is 13.2. The molecule has 1 atom stereocenters. The summed E-state index contributed by atoms with van der Waals surface area (Å²) in [4.78, 5) is 8.60. The van der Waals surface area contributed by atoms with Crippen molar-refractivity contribution in [2.45, 2.75) is 20.1 Å². The zero-order chi connectivity index (χ0) is 14.1. The number of fused-ring (bicyclic) bond motifs is 1. The van der Waals surface area contributed by atoms with Gasteiger partial charge in [0.1, 0.15) is 12.6 Å². The lowest BCUT2D eigenvalue weighted by Gasteiger charge is -2.11. The minimum atomic E-state index is -0.0975. The topological polar surface area (TPSA) is 70.1 Å². The standard InChI is InChI=1S/C12H13BrN6O/c1-3-20-8(2)18-6-9(5-15-18)10-4-11-16-12(13)17-19(11)7-14-10/h4-8H,3H2,1-2H3. The van der Waals surface area contributed by atoms with E-state index in [0.29, 0.717) is 11.3 Å². The Morgan fingerprint density at radius 2 is 2.30 bits per heavy atom. The van der Waals surface area contributed by atoms with E-state index in [-0.39, 0.29) is 6.23 Å². The van der Waals surface area contributed by atoms with Crippen LogP contribution in [0.25, 0.3) is 16.9 Å². The van der Waals surface area contributed by atoms with Crippen molar-refractivity contribution >= 4 is 21.6 Å². The van der Waals surface area contributed by atoms with Crippen LogP contribution in [0, 0.1) is 0 Å². The Balaban J connectivity index is 1.94. The Kier molecular flexibility index (Phi) is 3.49. The van der Waals surface area contributed by atoms with E-state index in [0.717, 1.165) is 16.9 Å². The average Bonchev–Trinajstić information content (AvgIpc) is 3.02. The molecule has 0 saturated carbocycles. The number of rotatable bonds is 4. The molecule has 0 amide bonds. The summed E-state index contributed by atoms with van der Waals surface area (Å²) < 4.78 is 9.42. The summed E-state index contributed by atoms with van der Waals surface area (Å²) in [6, 6.07) is 1.87. The quantitative estimate of drug-likeness (QED) is 0.731. The zero-order valence-corrected chi connectivity index (χ0v) is 12.6. The van der Waals surface area contributed by atoms with Crippen molar-refractivity contribution in [1.82, 2.24) is 29.4 Å². The van der Waals surface area contributed by atoms with Gasteiger partial charge < -0.3 is 4.74 Å². The van der Waals surface area contributed by atoms with Crippen LogP contribution in [0.1, 0.15) is 20.1 Å². The van der Waals surface area contributed by atoms with Crippen LogP contribution in [-0.2, 0) is 4.74 Å². The molecule has 3 heterocycles. The fourth-order valence-electron chi connectivity index (χ4n) is 1.91. The summed E-state index contributed by atoms with van der Waals surface area (Å²) in [6.45, 7) is 4.56. The second-order valence-electron chi connectivity index (χ2n) is 4.22. The third kappa shape index (κ3) is 2.44. The molecular formula is C12H13BrN6O. The second kappa shape index (κ2) is 5.29. The molecule has 0 radical (unpaired) electrons. The highest BCUT2D eigenvalue weighted by molar-refractivity contribution is 9.10. The van der Waals surface area contributed by atoms with Gasteiger partial charge >= 0.3 is 0 Å². The molecule has 0 fully saturated rings. The molecule has 0 aliphatic carbocycles. The van der Waals surface area contributed by atoms with E-state index in [1.54, 1.807) is 21.7 Å². The molecule has 0 N–H and O–H groups in total. The lowest BCUT2D eigenvalue weighted by Crippen LogP contribution is -2.09. The van der Waals surface area contributed by atoms with Crippen LogP contribution < -0.4 is 0 Å². The maximum Gasteiger partial charge on any atom is 0.218 e. The molecule has 1 unspecified atom stereocenters. The van der Waals surface area contributed by atoms with Crippen LogP contribution in [0.4, 0.5) is 0 Å². The van der Waals surface area contributed by atoms with Crippen molar-refractivity contribution in [3.63, 3.8) is 0 Å². The molecular weight excluding hydrogens is 324 g/mol. The van der Waals surface area contributed by atoms with Gasteiger partial charge in [0.25, 0.3) is 0 Å². The maximum atomic E-state index is 5.50. The van der Waals surface area contributed by atoms with Crippen molar-refractivity contribution in [3.05, 3.63) is 29.5 Å². The Labute approximate surface area is 123 Å². The monoisotopic (exact) mass is 336 g/mol. The maximum absolute atomic E-state index is 5.50. The molecule has 8 heteroatoms. The smallest absolute Gasteiger partial charge is 0.218 e. The van der Waals surface area contributed by atoms with E-state index in [1.165, 1.54) is 0 Å². The summed E-state index contributed by atoms with van der Waals surface area (Å²) in [6.07, 6.45) is 5.20. The Bertz CT molecular complexity index is 736. The molecule has 0 aromatic carbocycles.